The van der Waals surface area contributed by atoms with Crippen LogP contribution in [0.2, 0.25) is 0 Å². The fraction of sp³-hybridized carbons (Fsp3) is 0.450. The lowest BCUT2D eigenvalue weighted by Gasteiger charge is -2.35. The Morgan fingerprint density at radius 1 is 1.54 bits per heavy atom. The predicted molar refractivity (Wildman–Crippen MR) is 95.4 cm³/mol. The molecular weight excluding hydrogens is 334 g/mol. The zero-order valence-electron chi connectivity index (χ0n) is 14.8. The molecule has 0 aromatic heterocycles. The number of benzene rings is 1. The summed E-state index contributed by atoms with van der Waals surface area (Å²) in [6, 6.07) is 3.86. The second-order valence-electron chi connectivity index (χ2n) is 6.98. The van der Waals surface area contributed by atoms with E-state index in [0.717, 1.165) is 16.9 Å². The Kier molecular flexibility index (Phi) is 4.15. The van der Waals surface area contributed by atoms with Gasteiger partial charge < -0.3 is 24.2 Å². The average molecular weight is 357 g/mol. The maximum Gasteiger partial charge on any atom is 0.410 e. The van der Waals surface area contributed by atoms with Crippen molar-refractivity contribution in [3.8, 4) is 11.5 Å². The van der Waals surface area contributed by atoms with Crippen molar-refractivity contribution >= 4 is 6.09 Å². The van der Waals surface area contributed by atoms with E-state index in [1.165, 1.54) is 0 Å². The second-order valence-corrected chi connectivity index (χ2v) is 6.98. The van der Waals surface area contributed by atoms with Crippen LogP contribution in [0.1, 0.15) is 24.0 Å². The maximum atomic E-state index is 12.4. The van der Waals surface area contributed by atoms with Crippen LogP contribution in [0, 0.1) is 0 Å². The molecular formula is C20H23NO5. The van der Waals surface area contributed by atoms with Gasteiger partial charge in [0.15, 0.2) is 11.5 Å². The highest BCUT2D eigenvalue weighted by Crippen LogP contribution is 2.55. The molecule has 6 nitrogen and oxygen atoms in total. The third-order valence-corrected chi connectivity index (χ3v) is 5.54. The van der Waals surface area contributed by atoms with Gasteiger partial charge in [-0.15, -0.1) is 0 Å². The van der Waals surface area contributed by atoms with Gasteiger partial charge in [0.05, 0.1) is 18.6 Å². The normalized spacial score (nSPS) is 28.5. The lowest BCUT2D eigenvalue weighted by atomic mass is 9.69. The topological polar surface area (TPSA) is 68.2 Å². The van der Waals surface area contributed by atoms with Gasteiger partial charge in [-0.25, -0.2) is 4.79 Å². The number of carbonyl (C=O) groups is 1. The Morgan fingerprint density at radius 3 is 3.15 bits per heavy atom. The summed E-state index contributed by atoms with van der Waals surface area (Å²) < 4.78 is 17.0. The lowest BCUT2D eigenvalue weighted by molar-refractivity contribution is 0.0766. The van der Waals surface area contributed by atoms with Crippen LogP contribution in [0.15, 0.2) is 36.9 Å². The molecule has 1 N–H and O–H groups in total. The summed E-state index contributed by atoms with van der Waals surface area (Å²) in [5.74, 6) is 1.41. The lowest BCUT2D eigenvalue weighted by Crippen LogP contribution is -2.43. The molecule has 26 heavy (non-hydrogen) atoms. The quantitative estimate of drug-likeness (QED) is 0.842. The summed E-state index contributed by atoms with van der Waals surface area (Å²) in [5, 5.41) is 10.1. The number of carbonyl (C=O) groups excluding carboxylic acids is 1. The molecule has 1 spiro atoms. The fourth-order valence-corrected chi connectivity index (χ4v) is 4.31. The largest absolute Gasteiger partial charge is 0.493 e. The summed E-state index contributed by atoms with van der Waals surface area (Å²) in [6.07, 6.45) is 5.65. The van der Waals surface area contributed by atoms with E-state index >= 15 is 0 Å². The Morgan fingerprint density at radius 2 is 2.38 bits per heavy atom. The number of nitrogens with zero attached hydrogens (tertiary/aromatic N) is 1. The minimum atomic E-state index is -0.522. The third kappa shape index (κ3) is 2.48. The molecule has 1 amide bonds. The zero-order chi connectivity index (χ0) is 18.3. The fourth-order valence-electron chi connectivity index (χ4n) is 4.31. The molecule has 0 unspecified atom stereocenters. The highest BCUT2D eigenvalue weighted by Gasteiger charge is 2.53. The molecule has 2 aliphatic heterocycles. The molecule has 3 aliphatic rings. The van der Waals surface area contributed by atoms with Crippen molar-refractivity contribution in [2.45, 2.75) is 37.0 Å². The van der Waals surface area contributed by atoms with Crippen molar-refractivity contribution in [1.29, 1.82) is 0 Å². The Balaban J connectivity index is 1.78. The van der Waals surface area contributed by atoms with Gasteiger partial charge in [0.25, 0.3) is 0 Å². The summed E-state index contributed by atoms with van der Waals surface area (Å²) in [4.78, 5) is 14.1. The van der Waals surface area contributed by atoms with Gasteiger partial charge in [-0.05, 0) is 18.1 Å². The van der Waals surface area contributed by atoms with Crippen LogP contribution in [0.3, 0.4) is 0 Å². The molecule has 1 aromatic carbocycles. The highest BCUT2D eigenvalue weighted by atomic mass is 16.6. The molecule has 1 aromatic rings. The van der Waals surface area contributed by atoms with Crippen molar-refractivity contribution in [3.63, 3.8) is 0 Å². The zero-order valence-corrected chi connectivity index (χ0v) is 14.8. The molecule has 1 aliphatic carbocycles. The molecule has 3 atom stereocenters. The Labute approximate surface area is 152 Å². The first-order chi connectivity index (χ1) is 12.6. The van der Waals surface area contributed by atoms with Crippen LogP contribution in [0.5, 0.6) is 11.5 Å². The van der Waals surface area contributed by atoms with Gasteiger partial charge >= 0.3 is 6.09 Å². The third-order valence-electron chi connectivity index (χ3n) is 5.54. The first-order valence-corrected chi connectivity index (χ1v) is 8.86. The summed E-state index contributed by atoms with van der Waals surface area (Å²) in [5.41, 5.74) is 1.74. The van der Waals surface area contributed by atoms with Crippen LogP contribution >= 0.6 is 0 Å². The van der Waals surface area contributed by atoms with Crippen LogP contribution < -0.4 is 9.47 Å². The number of aliphatic hydroxyl groups is 1. The van der Waals surface area contributed by atoms with E-state index in [1.54, 1.807) is 18.1 Å². The minimum Gasteiger partial charge on any atom is -0.493 e. The molecule has 4 rings (SSSR count). The standard InChI is InChI=1S/C20H23NO5/c1-3-10-25-19(23)21-9-8-20-7-6-14(22)11-16(20)26-18-15(24-2)5-4-13(12-21)17(18)20/h3-7,14,16,22H,1,8-12H2,2H3/t14-,16-,20-/m0/s1. The predicted octanol–water partition coefficient (Wildman–Crippen LogP) is 2.54. The van der Waals surface area contributed by atoms with E-state index in [0.29, 0.717) is 31.7 Å². The van der Waals surface area contributed by atoms with Crippen LogP contribution in [-0.2, 0) is 16.7 Å². The van der Waals surface area contributed by atoms with E-state index in [1.807, 2.05) is 18.2 Å². The summed E-state index contributed by atoms with van der Waals surface area (Å²) in [6.45, 7) is 4.78. The van der Waals surface area contributed by atoms with E-state index in [9.17, 15) is 9.90 Å². The van der Waals surface area contributed by atoms with Crippen molar-refractivity contribution < 1.29 is 24.1 Å². The van der Waals surface area contributed by atoms with E-state index < -0.39 is 6.10 Å². The van der Waals surface area contributed by atoms with E-state index in [2.05, 4.69) is 12.7 Å². The van der Waals surface area contributed by atoms with Crippen molar-refractivity contribution in [2.24, 2.45) is 0 Å². The van der Waals surface area contributed by atoms with Gasteiger partial charge in [-0.2, -0.15) is 0 Å². The van der Waals surface area contributed by atoms with E-state index in [4.69, 9.17) is 14.2 Å². The number of rotatable bonds is 3. The molecule has 6 heteroatoms. The van der Waals surface area contributed by atoms with Gasteiger partial charge in [-0.1, -0.05) is 30.9 Å². The monoisotopic (exact) mass is 357 g/mol. The molecule has 138 valence electrons. The average Bonchev–Trinajstić information content (AvgIpc) is 2.87. The number of methoxy groups -OCH3 is 1. The molecule has 0 fully saturated rings. The highest BCUT2D eigenvalue weighted by molar-refractivity contribution is 5.69. The van der Waals surface area contributed by atoms with Crippen LogP contribution in [-0.4, -0.2) is 48.6 Å². The number of ether oxygens (including phenoxy) is 3. The van der Waals surface area contributed by atoms with Crippen molar-refractivity contribution in [3.05, 3.63) is 48.1 Å². The van der Waals surface area contributed by atoms with Crippen molar-refractivity contribution in [1.82, 2.24) is 4.90 Å². The van der Waals surface area contributed by atoms with Crippen LogP contribution in [0.25, 0.3) is 0 Å². The number of aliphatic hydroxyl groups excluding tert-OH is 1. The Bertz CT molecular complexity index is 774. The number of hydrogen-bond acceptors (Lipinski definition) is 5. The van der Waals surface area contributed by atoms with Crippen LogP contribution in [0.4, 0.5) is 4.79 Å². The van der Waals surface area contributed by atoms with Gasteiger partial charge in [0.1, 0.15) is 12.7 Å². The number of amides is 1. The first kappa shape index (κ1) is 17.0. The molecule has 0 radical (unpaired) electrons. The number of hydrogen-bond donors (Lipinski definition) is 1. The SMILES string of the molecule is C=CCOC(=O)N1CC[C@@]23C=C[C@H](O)C[C@@H]2Oc2c(OC)ccc(c23)C1. The van der Waals surface area contributed by atoms with E-state index in [-0.39, 0.29) is 24.2 Å². The Hall–Kier alpha value is -2.47. The minimum absolute atomic E-state index is 0.170. The second kappa shape index (κ2) is 6.36. The molecule has 0 bridgehead atoms. The smallest absolute Gasteiger partial charge is 0.410 e. The van der Waals surface area contributed by atoms with Gasteiger partial charge in [0, 0.05) is 25.1 Å². The summed E-state index contributed by atoms with van der Waals surface area (Å²) in [7, 11) is 1.62. The molecule has 0 saturated heterocycles. The summed E-state index contributed by atoms with van der Waals surface area (Å²) >= 11 is 0. The van der Waals surface area contributed by atoms with Gasteiger partial charge in [-0.3, -0.25) is 0 Å². The van der Waals surface area contributed by atoms with Crippen molar-refractivity contribution in [2.75, 3.05) is 20.3 Å². The molecule has 2 heterocycles. The molecule has 0 saturated carbocycles. The maximum absolute atomic E-state index is 12.4. The first-order valence-electron chi connectivity index (χ1n) is 8.86. The van der Waals surface area contributed by atoms with Gasteiger partial charge in [0.2, 0.25) is 0 Å².